The zero-order chi connectivity index (χ0) is 21.7. The second kappa shape index (κ2) is 9.51. The summed E-state index contributed by atoms with van der Waals surface area (Å²) in [4.78, 5) is 37.6. The molecule has 1 amide bonds. The molecular weight excluding hydrogens is 436 g/mol. The number of hydrogen-bond donors (Lipinski definition) is 3. The number of nitrogens with zero attached hydrogens (tertiary/aromatic N) is 5. The normalized spacial score (nSPS) is 13.8. The Morgan fingerprint density at radius 3 is 2.57 bits per heavy atom. The summed E-state index contributed by atoms with van der Waals surface area (Å²) in [7, 11) is 0. The van der Waals surface area contributed by atoms with Crippen molar-refractivity contribution in [2.75, 3.05) is 25.0 Å². The van der Waals surface area contributed by atoms with Crippen molar-refractivity contribution in [1.82, 2.24) is 25.2 Å². The Bertz CT molecular complexity index is 1010. The van der Waals surface area contributed by atoms with Gasteiger partial charge in [-0.1, -0.05) is 22.6 Å². The number of aliphatic carboxylic acids is 2. The molecular formula is C16H16N6O6S2. The highest BCUT2D eigenvalue weighted by Crippen LogP contribution is 2.28. The number of carbonyl (C=O) groups is 3. The van der Waals surface area contributed by atoms with Crippen LogP contribution in [0.1, 0.15) is 16.8 Å². The van der Waals surface area contributed by atoms with E-state index in [4.69, 9.17) is 24.3 Å². The second-order valence-electron chi connectivity index (χ2n) is 6.11. The summed E-state index contributed by atoms with van der Waals surface area (Å²) in [6, 6.07) is 3.92. The topological polar surface area (TPSA) is 172 Å². The molecule has 0 radical (unpaired) electrons. The zero-order valence-electron chi connectivity index (χ0n) is 15.5. The van der Waals surface area contributed by atoms with E-state index in [0.29, 0.717) is 23.4 Å². The smallest absolute Gasteiger partial charge is 0.414 e. The first kappa shape index (κ1) is 21.5. The van der Waals surface area contributed by atoms with E-state index in [9.17, 15) is 4.79 Å². The number of anilines is 1. The highest BCUT2D eigenvalue weighted by Gasteiger charge is 2.33. The van der Waals surface area contributed by atoms with Gasteiger partial charge in [0, 0.05) is 13.1 Å². The Morgan fingerprint density at radius 1 is 1.27 bits per heavy atom. The van der Waals surface area contributed by atoms with Gasteiger partial charge in [0.2, 0.25) is 22.8 Å². The third-order valence-corrected chi connectivity index (χ3v) is 5.43. The lowest BCUT2D eigenvalue weighted by molar-refractivity contribution is -0.159. The Balaban J connectivity index is 0.000000377. The fraction of sp³-hybridized carbons (Fsp3) is 0.312. The molecule has 12 nitrogen and oxygen atoms in total. The Labute approximate surface area is 177 Å². The summed E-state index contributed by atoms with van der Waals surface area (Å²) in [5, 5.41) is 32.6. The number of thiophene rings is 1. The molecule has 0 atom stereocenters. The van der Waals surface area contributed by atoms with Gasteiger partial charge in [0.25, 0.3) is 0 Å². The van der Waals surface area contributed by atoms with Crippen molar-refractivity contribution in [3.05, 3.63) is 28.4 Å². The highest BCUT2D eigenvalue weighted by molar-refractivity contribution is 7.15. The van der Waals surface area contributed by atoms with Gasteiger partial charge in [-0.2, -0.15) is 4.98 Å². The van der Waals surface area contributed by atoms with E-state index >= 15 is 0 Å². The lowest BCUT2D eigenvalue weighted by Crippen LogP contribution is -2.48. The fourth-order valence-electron chi connectivity index (χ4n) is 2.47. The second-order valence-corrected chi connectivity index (χ2v) is 8.24. The van der Waals surface area contributed by atoms with Gasteiger partial charge in [-0.3, -0.25) is 15.0 Å². The molecule has 0 unspecified atom stereocenters. The third-order valence-electron chi connectivity index (χ3n) is 3.81. The predicted octanol–water partition coefficient (Wildman–Crippen LogP) is 1.15. The summed E-state index contributed by atoms with van der Waals surface area (Å²) in [6.07, 6.45) is 0. The van der Waals surface area contributed by atoms with Gasteiger partial charge in [0.05, 0.1) is 17.3 Å². The predicted molar refractivity (Wildman–Crippen MR) is 105 cm³/mol. The minimum absolute atomic E-state index is 0.0885. The molecule has 4 rings (SSSR count). The first-order valence-corrected chi connectivity index (χ1v) is 10.2. The van der Waals surface area contributed by atoms with Crippen molar-refractivity contribution in [3.8, 4) is 10.7 Å². The van der Waals surface area contributed by atoms with Gasteiger partial charge in [0.15, 0.2) is 0 Å². The number of hydrogen-bond acceptors (Lipinski definition) is 11. The lowest BCUT2D eigenvalue weighted by atomic mass is 10.0. The average molecular weight is 452 g/mol. The molecule has 4 heterocycles. The van der Waals surface area contributed by atoms with Crippen LogP contribution in [0.2, 0.25) is 0 Å². The number of carbonyl (C=O) groups excluding carboxylic acids is 1. The SMILES string of the molecule is Cc1nnc(NC(=O)CN2CC(c3nc(-c4cccs4)no3)C2)s1.O=C(O)C(=O)O. The largest absolute Gasteiger partial charge is 0.473 e. The number of rotatable bonds is 5. The van der Waals surface area contributed by atoms with Gasteiger partial charge in [-0.15, -0.1) is 21.5 Å². The van der Waals surface area contributed by atoms with E-state index in [1.165, 1.54) is 11.3 Å². The molecule has 1 aliphatic heterocycles. The molecule has 0 aromatic carbocycles. The van der Waals surface area contributed by atoms with Gasteiger partial charge < -0.3 is 14.7 Å². The van der Waals surface area contributed by atoms with E-state index in [-0.39, 0.29) is 11.8 Å². The van der Waals surface area contributed by atoms with Gasteiger partial charge in [-0.05, 0) is 18.4 Å². The van der Waals surface area contributed by atoms with Crippen molar-refractivity contribution in [1.29, 1.82) is 0 Å². The summed E-state index contributed by atoms with van der Waals surface area (Å²) >= 11 is 2.94. The standard InChI is InChI=1S/C14H14N6O2S2.C2H2O4/c1-8-17-18-14(24-8)15-11(21)7-20-5-9(6-20)13-16-12(19-22-13)10-3-2-4-23-10;3-1(4)2(5)6/h2-4,9H,5-7H2,1H3,(H,15,18,21);(H,3,4)(H,5,6). The molecule has 3 aromatic rings. The van der Waals surface area contributed by atoms with Crippen molar-refractivity contribution < 1.29 is 29.1 Å². The van der Waals surface area contributed by atoms with Crippen LogP contribution in [0, 0.1) is 6.92 Å². The van der Waals surface area contributed by atoms with Gasteiger partial charge >= 0.3 is 11.9 Å². The Kier molecular flexibility index (Phi) is 6.81. The van der Waals surface area contributed by atoms with Crippen LogP contribution in [0.5, 0.6) is 0 Å². The fourth-order valence-corrected chi connectivity index (χ4v) is 3.73. The molecule has 3 N–H and O–H groups in total. The number of carboxylic acid groups (broad SMARTS) is 2. The number of aryl methyl sites for hydroxylation is 1. The van der Waals surface area contributed by atoms with Crippen molar-refractivity contribution in [3.63, 3.8) is 0 Å². The van der Waals surface area contributed by atoms with Crippen molar-refractivity contribution in [2.45, 2.75) is 12.8 Å². The number of carboxylic acids is 2. The van der Waals surface area contributed by atoms with Crippen LogP contribution in [0.15, 0.2) is 22.0 Å². The zero-order valence-corrected chi connectivity index (χ0v) is 17.1. The molecule has 0 aliphatic carbocycles. The molecule has 158 valence electrons. The molecule has 0 bridgehead atoms. The maximum atomic E-state index is 12.0. The molecule has 30 heavy (non-hydrogen) atoms. The number of nitrogens with one attached hydrogen (secondary N) is 1. The van der Waals surface area contributed by atoms with Crippen LogP contribution in [-0.4, -0.2) is 72.9 Å². The molecule has 1 aliphatic rings. The summed E-state index contributed by atoms with van der Waals surface area (Å²) in [6.45, 7) is 3.63. The average Bonchev–Trinajstić information content (AvgIpc) is 3.40. The van der Waals surface area contributed by atoms with Gasteiger partial charge in [0.1, 0.15) is 5.01 Å². The summed E-state index contributed by atoms with van der Waals surface area (Å²) in [5.41, 5.74) is 0. The Hall–Kier alpha value is -3.23. The van der Waals surface area contributed by atoms with Crippen molar-refractivity contribution in [2.24, 2.45) is 0 Å². The van der Waals surface area contributed by atoms with E-state index in [2.05, 4.69) is 25.7 Å². The van der Waals surface area contributed by atoms with Crippen LogP contribution >= 0.6 is 22.7 Å². The maximum Gasteiger partial charge on any atom is 0.414 e. The summed E-state index contributed by atoms with van der Waals surface area (Å²) < 4.78 is 5.35. The number of likely N-dealkylation sites (tertiary alicyclic amines) is 1. The molecule has 1 fully saturated rings. The Morgan fingerprint density at radius 2 is 2.00 bits per heavy atom. The first-order chi connectivity index (χ1) is 14.3. The molecule has 0 saturated carbocycles. The van der Waals surface area contributed by atoms with E-state index in [1.807, 2.05) is 29.3 Å². The monoisotopic (exact) mass is 452 g/mol. The lowest BCUT2D eigenvalue weighted by Gasteiger charge is -2.36. The third kappa shape index (κ3) is 5.65. The van der Waals surface area contributed by atoms with Crippen LogP contribution in [0.4, 0.5) is 5.13 Å². The molecule has 0 spiro atoms. The minimum atomic E-state index is -1.82. The summed E-state index contributed by atoms with van der Waals surface area (Å²) in [5.74, 6) is -2.29. The van der Waals surface area contributed by atoms with E-state index < -0.39 is 11.9 Å². The molecule has 3 aromatic heterocycles. The molecule has 14 heteroatoms. The van der Waals surface area contributed by atoms with E-state index in [0.717, 1.165) is 23.0 Å². The van der Waals surface area contributed by atoms with E-state index in [1.54, 1.807) is 11.3 Å². The first-order valence-electron chi connectivity index (χ1n) is 8.48. The van der Waals surface area contributed by atoms with Gasteiger partial charge in [-0.25, -0.2) is 9.59 Å². The number of amides is 1. The quantitative estimate of drug-likeness (QED) is 0.474. The van der Waals surface area contributed by atoms with Crippen molar-refractivity contribution >= 4 is 45.7 Å². The minimum Gasteiger partial charge on any atom is -0.473 e. The number of aromatic nitrogens is 4. The van der Waals surface area contributed by atoms with Crippen LogP contribution in [0.25, 0.3) is 10.7 Å². The molecule has 1 saturated heterocycles. The maximum absolute atomic E-state index is 12.0. The van der Waals surface area contributed by atoms with Crippen LogP contribution < -0.4 is 5.32 Å². The van der Waals surface area contributed by atoms with Crippen LogP contribution in [-0.2, 0) is 14.4 Å². The van der Waals surface area contributed by atoms with Crippen LogP contribution in [0.3, 0.4) is 0 Å². The highest BCUT2D eigenvalue weighted by atomic mass is 32.1.